The van der Waals surface area contributed by atoms with Gasteiger partial charge in [0.1, 0.15) is 0 Å². The summed E-state index contributed by atoms with van der Waals surface area (Å²) >= 11 is 0. The van der Waals surface area contributed by atoms with E-state index in [2.05, 4.69) is 20.8 Å². The summed E-state index contributed by atoms with van der Waals surface area (Å²) in [6.45, 7) is 7.40. The SMILES string of the molecule is CC(C)C.CC(O)(CC1CC2CCC1C2)C(F)(F)F. The molecule has 1 nitrogen and oxygen atoms in total. The topological polar surface area (TPSA) is 20.2 Å². The lowest BCUT2D eigenvalue weighted by atomic mass is 9.81. The Hall–Kier alpha value is -0.250. The molecule has 0 radical (unpaired) electrons. The normalized spacial score (nSPS) is 33.0. The second kappa shape index (κ2) is 6.02. The molecule has 4 atom stereocenters. The third-order valence-corrected chi connectivity index (χ3v) is 4.15. The van der Waals surface area contributed by atoms with E-state index in [-0.39, 0.29) is 12.3 Å². The standard InChI is InChI=1S/C11H17F3O.C4H10/c1-10(15,11(12,13)14)6-9-5-7-2-3-8(9)4-7;1-4(2)3/h7-9,15H,2-6H2,1H3;4H,1-3H3. The van der Waals surface area contributed by atoms with Gasteiger partial charge in [0.15, 0.2) is 5.60 Å². The second-order valence-electron chi connectivity index (χ2n) is 7.14. The van der Waals surface area contributed by atoms with Gasteiger partial charge < -0.3 is 5.11 Å². The predicted octanol–water partition coefficient (Wildman–Crippen LogP) is 4.79. The van der Waals surface area contributed by atoms with E-state index >= 15 is 0 Å². The molecular weight excluding hydrogens is 253 g/mol. The van der Waals surface area contributed by atoms with Gasteiger partial charge in [0.2, 0.25) is 0 Å². The molecule has 2 aliphatic rings. The molecule has 0 amide bonds. The van der Waals surface area contributed by atoms with E-state index in [1.165, 1.54) is 6.42 Å². The van der Waals surface area contributed by atoms with Crippen LogP contribution >= 0.6 is 0 Å². The lowest BCUT2D eigenvalue weighted by Gasteiger charge is -2.32. The zero-order valence-electron chi connectivity index (χ0n) is 12.4. The fourth-order valence-corrected chi connectivity index (χ4v) is 3.25. The van der Waals surface area contributed by atoms with E-state index in [1.807, 2.05) is 0 Å². The molecule has 0 aromatic rings. The van der Waals surface area contributed by atoms with Crippen molar-refractivity contribution in [3.05, 3.63) is 0 Å². The number of rotatable bonds is 2. The number of halogens is 3. The van der Waals surface area contributed by atoms with Gasteiger partial charge in [-0.05, 0) is 56.3 Å². The van der Waals surface area contributed by atoms with E-state index < -0.39 is 11.8 Å². The monoisotopic (exact) mass is 280 g/mol. The minimum atomic E-state index is -4.49. The Kier molecular flexibility index (Phi) is 5.33. The predicted molar refractivity (Wildman–Crippen MR) is 70.7 cm³/mol. The Morgan fingerprint density at radius 2 is 1.63 bits per heavy atom. The molecule has 0 spiro atoms. The Morgan fingerprint density at radius 1 is 1.11 bits per heavy atom. The summed E-state index contributed by atoms with van der Waals surface area (Å²) in [6, 6.07) is 0. The number of hydrogen-bond donors (Lipinski definition) is 1. The molecule has 2 saturated carbocycles. The molecule has 4 heteroatoms. The van der Waals surface area contributed by atoms with Crippen LogP contribution in [0.4, 0.5) is 13.2 Å². The van der Waals surface area contributed by atoms with Gasteiger partial charge in [-0.15, -0.1) is 0 Å². The fourth-order valence-electron chi connectivity index (χ4n) is 3.25. The molecule has 2 aliphatic carbocycles. The Morgan fingerprint density at radius 3 is 1.95 bits per heavy atom. The van der Waals surface area contributed by atoms with Crippen molar-refractivity contribution in [3.63, 3.8) is 0 Å². The highest BCUT2D eigenvalue weighted by Gasteiger charge is 2.53. The first kappa shape index (κ1) is 16.8. The average Bonchev–Trinajstić information content (AvgIpc) is 2.75. The molecule has 2 rings (SSSR count). The van der Waals surface area contributed by atoms with Crippen LogP contribution in [-0.2, 0) is 0 Å². The number of aliphatic hydroxyl groups is 1. The van der Waals surface area contributed by atoms with Gasteiger partial charge in [-0.25, -0.2) is 0 Å². The Labute approximate surface area is 114 Å². The quantitative estimate of drug-likeness (QED) is 0.771. The molecule has 19 heavy (non-hydrogen) atoms. The van der Waals surface area contributed by atoms with Crippen LogP contribution in [0.15, 0.2) is 0 Å². The summed E-state index contributed by atoms with van der Waals surface area (Å²) in [5, 5.41) is 9.41. The van der Waals surface area contributed by atoms with Crippen molar-refractivity contribution in [3.8, 4) is 0 Å². The molecule has 0 aromatic heterocycles. The lowest BCUT2D eigenvalue weighted by Crippen LogP contribution is -2.44. The van der Waals surface area contributed by atoms with Gasteiger partial charge >= 0.3 is 6.18 Å². The maximum absolute atomic E-state index is 12.5. The molecule has 2 fully saturated rings. The summed E-state index contributed by atoms with van der Waals surface area (Å²) < 4.78 is 37.4. The summed E-state index contributed by atoms with van der Waals surface area (Å²) in [5.74, 6) is 1.98. The number of fused-ring (bicyclic) bond motifs is 2. The van der Waals surface area contributed by atoms with Crippen molar-refractivity contribution >= 4 is 0 Å². The van der Waals surface area contributed by atoms with Crippen molar-refractivity contribution < 1.29 is 18.3 Å². The van der Waals surface area contributed by atoms with Crippen molar-refractivity contribution in [2.24, 2.45) is 23.7 Å². The maximum Gasteiger partial charge on any atom is 0.416 e. The largest absolute Gasteiger partial charge is 0.416 e. The van der Waals surface area contributed by atoms with Crippen molar-refractivity contribution in [1.82, 2.24) is 0 Å². The Bertz CT molecular complexity index is 281. The van der Waals surface area contributed by atoms with E-state index in [1.54, 1.807) is 0 Å². The van der Waals surface area contributed by atoms with Crippen LogP contribution in [0.5, 0.6) is 0 Å². The molecule has 0 aliphatic heterocycles. The van der Waals surface area contributed by atoms with Gasteiger partial charge in [0, 0.05) is 0 Å². The van der Waals surface area contributed by atoms with Crippen LogP contribution in [0.25, 0.3) is 0 Å². The minimum Gasteiger partial charge on any atom is -0.381 e. The first-order chi connectivity index (χ1) is 8.53. The third kappa shape index (κ3) is 4.66. The van der Waals surface area contributed by atoms with E-state index in [0.29, 0.717) is 11.8 Å². The fraction of sp³-hybridized carbons (Fsp3) is 1.00. The molecule has 0 heterocycles. The van der Waals surface area contributed by atoms with Gasteiger partial charge in [0.25, 0.3) is 0 Å². The zero-order chi connectivity index (χ0) is 14.8. The minimum absolute atomic E-state index is 0.0837. The van der Waals surface area contributed by atoms with E-state index in [9.17, 15) is 18.3 Å². The molecule has 1 N–H and O–H groups in total. The van der Waals surface area contributed by atoms with Crippen LogP contribution in [0.3, 0.4) is 0 Å². The summed E-state index contributed by atoms with van der Waals surface area (Å²) in [7, 11) is 0. The van der Waals surface area contributed by atoms with Crippen LogP contribution in [0.1, 0.15) is 59.8 Å². The first-order valence-electron chi connectivity index (χ1n) is 7.32. The molecule has 0 saturated heterocycles. The van der Waals surface area contributed by atoms with Gasteiger partial charge in [-0.2, -0.15) is 13.2 Å². The molecular formula is C15H27F3O. The highest BCUT2D eigenvalue weighted by atomic mass is 19.4. The highest BCUT2D eigenvalue weighted by Crippen LogP contribution is 2.52. The van der Waals surface area contributed by atoms with Crippen LogP contribution in [0, 0.1) is 23.7 Å². The van der Waals surface area contributed by atoms with Crippen molar-refractivity contribution in [1.29, 1.82) is 0 Å². The average molecular weight is 280 g/mol. The molecule has 0 aromatic carbocycles. The smallest absolute Gasteiger partial charge is 0.381 e. The highest BCUT2D eigenvalue weighted by molar-refractivity contribution is 4.94. The summed E-state index contributed by atoms with van der Waals surface area (Å²) in [4.78, 5) is 0. The van der Waals surface area contributed by atoms with Gasteiger partial charge in [-0.1, -0.05) is 27.2 Å². The van der Waals surface area contributed by atoms with Crippen molar-refractivity contribution in [2.45, 2.75) is 71.6 Å². The molecule has 2 bridgehead atoms. The summed E-state index contributed by atoms with van der Waals surface area (Å²) in [5.41, 5.74) is -2.50. The zero-order valence-corrected chi connectivity index (χ0v) is 12.4. The van der Waals surface area contributed by atoms with E-state index in [4.69, 9.17) is 0 Å². The number of hydrogen-bond acceptors (Lipinski definition) is 1. The lowest BCUT2D eigenvalue weighted by molar-refractivity contribution is -0.259. The summed E-state index contributed by atoms with van der Waals surface area (Å²) in [6.07, 6.45) is -0.402. The first-order valence-corrected chi connectivity index (χ1v) is 7.32. The Balaban J connectivity index is 0.000000399. The van der Waals surface area contributed by atoms with Crippen molar-refractivity contribution in [2.75, 3.05) is 0 Å². The third-order valence-electron chi connectivity index (χ3n) is 4.15. The number of alkyl halides is 3. The van der Waals surface area contributed by atoms with E-state index in [0.717, 1.165) is 32.1 Å². The van der Waals surface area contributed by atoms with Gasteiger partial charge in [-0.3, -0.25) is 0 Å². The van der Waals surface area contributed by atoms with Gasteiger partial charge in [0.05, 0.1) is 0 Å². The van der Waals surface area contributed by atoms with Crippen LogP contribution in [-0.4, -0.2) is 16.9 Å². The molecule has 114 valence electrons. The molecule has 4 unspecified atom stereocenters. The maximum atomic E-state index is 12.5. The second-order valence-corrected chi connectivity index (χ2v) is 7.14. The van der Waals surface area contributed by atoms with Crippen LogP contribution < -0.4 is 0 Å². The van der Waals surface area contributed by atoms with Crippen LogP contribution in [0.2, 0.25) is 0 Å².